The number of hydrogen-bond donors (Lipinski definition) is 2. The number of fused-ring (bicyclic) bond motifs is 2. The first-order valence-electron chi connectivity index (χ1n) is 9.98. The van der Waals surface area contributed by atoms with Crippen molar-refractivity contribution in [3.8, 4) is 11.7 Å². The number of benzene rings is 1. The summed E-state index contributed by atoms with van der Waals surface area (Å²) in [6.07, 6.45) is 4.32. The Morgan fingerprint density at radius 1 is 1.17 bits per heavy atom. The monoisotopic (exact) mass is 385 g/mol. The number of aryl methyl sites for hydroxylation is 2. The van der Waals surface area contributed by atoms with Gasteiger partial charge in [0.1, 0.15) is 0 Å². The normalized spacial score (nSPS) is 16.1. The highest BCUT2D eigenvalue weighted by Gasteiger charge is 2.26. The summed E-state index contributed by atoms with van der Waals surface area (Å²) in [4.78, 5) is 8.86. The summed E-state index contributed by atoms with van der Waals surface area (Å²) in [7, 11) is 0. The Morgan fingerprint density at radius 3 is 2.97 bits per heavy atom. The molecule has 4 aromatic rings. The van der Waals surface area contributed by atoms with Crippen LogP contribution in [0.5, 0.6) is 5.88 Å². The molecule has 0 bridgehead atoms. The fourth-order valence-electron chi connectivity index (χ4n) is 4.02. The minimum Gasteiger partial charge on any atom is -0.493 e. The van der Waals surface area contributed by atoms with E-state index in [0.29, 0.717) is 11.9 Å². The lowest BCUT2D eigenvalue weighted by atomic mass is 9.93. The van der Waals surface area contributed by atoms with E-state index < -0.39 is 0 Å². The summed E-state index contributed by atoms with van der Waals surface area (Å²) < 4.78 is 1.55. The van der Waals surface area contributed by atoms with Crippen LogP contribution in [-0.2, 0) is 19.4 Å². The molecule has 1 aliphatic rings. The van der Waals surface area contributed by atoms with E-state index in [1.807, 2.05) is 31.2 Å². The predicted octanol–water partition coefficient (Wildman–Crippen LogP) is 3.48. The second-order valence-electron chi connectivity index (χ2n) is 7.65. The molecule has 6 heteroatoms. The smallest absolute Gasteiger partial charge is 0.219 e. The van der Waals surface area contributed by atoms with Gasteiger partial charge in [0, 0.05) is 35.4 Å². The van der Waals surface area contributed by atoms with Crippen molar-refractivity contribution in [3.63, 3.8) is 0 Å². The average molecular weight is 385 g/mol. The molecule has 0 amide bonds. The van der Waals surface area contributed by atoms with Gasteiger partial charge in [0.25, 0.3) is 0 Å². The predicted molar refractivity (Wildman–Crippen MR) is 112 cm³/mol. The summed E-state index contributed by atoms with van der Waals surface area (Å²) in [5.74, 6) is 0.848. The van der Waals surface area contributed by atoms with Crippen molar-refractivity contribution in [3.05, 3.63) is 77.2 Å². The first-order valence-corrected chi connectivity index (χ1v) is 9.98. The molecule has 1 aromatic carbocycles. The number of aromatic nitrogens is 4. The van der Waals surface area contributed by atoms with E-state index in [9.17, 15) is 5.11 Å². The summed E-state index contributed by atoms with van der Waals surface area (Å²) in [5.41, 5.74) is 5.20. The molecular formula is C23H23N5O. The van der Waals surface area contributed by atoms with E-state index in [2.05, 4.69) is 44.6 Å². The fourth-order valence-corrected chi connectivity index (χ4v) is 4.02. The molecule has 6 nitrogen and oxygen atoms in total. The summed E-state index contributed by atoms with van der Waals surface area (Å²) in [6.45, 7) is 2.80. The van der Waals surface area contributed by atoms with Crippen molar-refractivity contribution >= 4 is 10.9 Å². The number of nitrogens with one attached hydrogen (secondary N) is 1. The van der Waals surface area contributed by atoms with E-state index in [-0.39, 0.29) is 5.88 Å². The van der Waals surface area contributed by atoms with Gasteiger partial charge in [-0.2, -0.15) is 9.78 Å². The lowest BCUT2D eigenvalue weighted by Gasteiger charge is -2.22. The molecule has 0 spiro atoms. The van der Waals surface area contributed by atoms with Crippen LogP contribution >= 0.6 is 0 Å². The average Bonchev–Trinajstić information content (AvgIpc) is 3.09. The van der Waals surface area contributed by atoms with Crippen LogP contribution in [0.15, 0.2) is 54.7 Å². The Balaban J connectivity index is 1.30. The zero-order valence-electron chi connectivity index (χ0n) is 16.3. The lowest BCUT2D eigenvalue weighted by molar-refractivity contribution is 0.412. The first-order chi connectivity index (χ1) is 14.2. The molecule has 2 N–H and O–H groups in total. The Bertz CT molecular complexity index is 1170. The van der Waals surface area contributed by atoms with Crippen molar-refractivity contribution in [1.82, 2.24) is 25.1 Å². The summed E-state index contributed by atoms with van der Waals surface area (Å²) >= 11 is 0. The zero-order chi connectivity index (χ0) is 19.8. The Hall–Kier alpha value is -3.25. The van der Waals surface area contributed by atoms with Gasteiger partial charge >= 0.3 is 0 Å². The molecule has 0 fully saturated rings. The third-order valence-corrected chi connectivity index (χ3v) is 5.57. The van der Waals surface area contributed by atoms with Crippen LogP contribution in [0.1, 0.15) is 28.9 Å². The Kier molecular flexibility index (Phi) is 4.48. The van der Waals surface area contributed by atoms with Crippen LogP contribution in [0, 0.1) is 6.92 Å². The van der Waals surface area contributed by atoms with Gasteiger partial charge in [0.15, 0.2) is 5.82 Å². The molecule has 0 saturated heterocycles. The van der Waals surface area contributed by atoms with Crippen LogP contribution in [0.3, 0.4) is 0 Å². The van der Waals surface area contributed by atoms with E-state index >= 15 is 0 Å². The number of rotatable bonds is 4. The minimum absolute atomic E-state index is 0.206. The number of pyridine rings is 2. The third-order valence-electron chi connectivity index (χ3n) is 5.57. The van der Waals surface area contributed by atoms with Gasteiger partial charge in [0.05, 0.1) is 11.2 Å². The Morgan fingerprint density at radius 2 is 2.10 bits per heavy atom. The van der Waals surface area contributed by atoms with Gasteiger partial charge in [-0.3, -0.25) is 4.98 Å². The van der Waals surface area contributed by atoms with Crippen molar-refractivity contribution in [1.29, 1.82) is 0 Å². The molecule has 1 aliphatic carbocycles. The topological polar surface area (TPSA) is 75.9 Å². The largest absolute Gasteiger partial charge is 0.493 e. The van der Waals surface area contributed by atoms with E-state index in [1.165, 1.54) is 5.56 Å². The first kappa shape index (κ1) is 17.8. The molecule has 1 unspecified atom stereocenters. The van der Waals surface area contributed by atoms with Crippen molar-refractivity contribution in [2.24, 2.45) is 0 Å². The number of hydrogen-bond acceptors (Lipinski definition) is 5. The highest BCUT2D eigenvalue weighted by atomic mass is 16.3. The van der Waals surface area contributed by atoms with Gasteiger partial charge in [-0.05, 0) is 62.1 Å². The molecule has 0 aliphatic heterocycles. The van der Waals surface area contributed by atoms with Crippen molar-refractivity contribution in [2.45, 2.75) is 38.8 Å². The van der Waals surface area contributed by atoms with E-state index in [4.69, 9.17) is 0 Å². The van der Waals surface area contributed by atoms with Crippen LogP contribution in [0.4, 0.5) is 0 Å². The van der Waals surface area contributed by atoms with Gasteiger partial charge in [0.2, 0.25) is 5.88 Å². The van der Waals surface area contributed by atoms with Crippen LogP contribution < -0.4 is 5.32 Å². The molecule has 0 saturated carbocycles. The standard InChI is InChI=1S/C23H23N5O/c1-15-5-7-17-12-16(6-9-20(17)26-15)14-25-18-8-10-21-19(13-18)23(29)28(27-21)22-4-2-3-11-24-22/h2-7,9,11-12,18,25,29H,8,10,13-14H2,1H3. The molecule has 146 valence electrons. The van der Waals surface area contributed by atoms with Crippen molar-refractivity contribution < 1.29 is 5.11 Å². The number of nitrogens with zero attached hydrogens (tertiary/aromatic N) is 4. The molecule has 1 atom stereocenters. The maximum atomic E-state index is 10.7. The molecule has 29 heavy (non-hydrogen) atoms. The van der Waals surface area contributed by atoms with E-state index in [1.54, 1.807) is 10.9 Å². The highest BCUT2D eigenvalue weighted by Crippen LogP contribution is 2.30. The molecule has 3 heterocycles. The zero-order valence-corrected chi connectivity index (χ0v) is 16.3. The summed E-state index contributed by atoms with van der Waals surface area (Å²) in [6, 6.07) is 16.5. The van der Waals surface area contributed by atoms with E-state index in [0.717, 1.165) is 53.7 Å². The quantitative estimate of drug-likeness (QED) is 0.563. The molecule has 3 aromatic heterocycles. The SMILES string of the molecule is Cc1ccc2cc(CNC3CCc4nn(-c5ccccn5)c(O)c4C3)ccc2n1. The molecular weight excluding hydrogens is 362 g/mol. The van der Waals surface area contributed by atoms with Gasteiger partial charge in [-0.1, -0.05) is 18.2 Å². The van der Waals surface area contributed by atoms with Crippen LogP contribution in [-0.4, -0.2) is 30.9 Å². The third kappa shape index (κ3) is 3.47. The van der Waals surface area contributed by atoms with Gasteiger partial charge in [-0.15, -0.1) is 0 Å². The van der Waals surface area contributed by atoms with Crippen LogP contribution in [0.25, 0.3) is 16.7 Å². The van der Waals surface area contributed by atoms with Gasteiger partial charge < -0.3 is 10.4 Å². The summed E-state index contributed by atoms with van der Waals surface area (Å²) in [5, 5.41) is 20.1. The van der Waals surface area contributed by atoms with Crippen molar-refractivity contribution in [2.75, 3.05) is 0 Å². The number of aromatic hydroxyl groups is 1. The second kappa shape index (κ2) is 7.29. The molecule has 0 radical (unpaired) electrons. The maximum Gasteiger partial charge on any atom is 0.219 e. The molecule has 5 rings (SSSR count). The highest BCUT2D eigenvalue weighted by molar-refractivity contribution is 5.79. The Labute approximate surface area is 169 Å². The lowest BCUT2D eigenvalue weighted by Crippen LogP contribution is -2.33. The second-order valence-corrected chi connectivity index (χ2v) is 7.65. The fraction of sp³-hybridized carbons (Fsp3) is 0.261. The minimum atomic E-state index is 0.206. The van der Waals surface area contributed by atoms with Gasteiger partial charge in [-0.25, -0.2) is 4.98 Å². The van der Waals surface area contributed by atoms with Crippen LogP contribution in [0.2, 0.25) is 0 Å². The maximum absolute atomic E-state index is 10.7.